The highest BCUT2D eigenvalue weighted by Crippen LogP contribution is 2.17. The highest BCUT2D eigenvalue weighted by molar-refractivity contribution is 5.98. The van der Waals surface area contributed by atoms with Gasteiger partial charge in [-0.2, -0.15) is 0 Å². The van der Waals surface area contributed by atoms with Crippen molar-refractivity contribution < 1.29 is 19.8 Å². The molecule has 5 nitrogen and oxygen atoms in total. The van der Waals surface area contributed by atoms with Crippen LogP contribution >= 0.6 is 0 Å². The van der Waals surface area contributed by atoms with E-state index in [1.807, 2.05) is 0 Å². The lowest BCUT2D eigenvalue weighted by molar-refractivity contribution is -0.164. The first kappa shape index (κ1) is 10.9. The van der Waals surface area contributed by atoms with Crippen molar-refractivity contribution in [2.45, 2.75) is 6.92 Å². The van der Waals surface area contributed by atoms with Crippen molar-refractivity contribution in [3.05, 3.63) is 0 Å². The zero-order chi connectivity index (χ0) is 9.94. The van der Waals surface area contributed by atoms with E-state index in [2.05, 4.69) is 0 Å². The van der Waals surface area contributed by atoms with Crippen LogP contribution in [0.25, 0.3) is 0 Å². The fourth-order valence-corrected chi connectivity index (χ4v) is 0.859. The van der Waals surface area contributed by atoms with E-state index in [0.29, 0.717) is 0 Å². The van der Waals surface area contributed by atoms with Crippen LogP contribution in [0.4, 0.5) is 0 Å². The number of hydrogen-bond acceptors (Lipinski definition) is 3. The molecule has 0 spiro atoms. The third-order valence-corrected chi connectivity index (χ3v) is 1.58. The number of carboxylic acids is 2. The minimum absolute atomic E-state index is 0.0162. The Morgan fingerprint density at radius 1 is 1.25 bits per heavy atom. The van der Waals surface area contributed by atoms with Gasteiger partial charge in [0, 0.05) is 6.54 Å². The normalized spacial score (nSPS) is 11.7. The van der Waals surface area contributed by atoms with E-state index < -0.39 is 17.4 Å². The van der Waals surface area contributed by atoms with Gasteiger partial charge in [0.15, 0.2) is 5.41 Å². The molecule has 0 radical (unpaired) electrons. The quantitative estimate of drug-likeness (QED) is 0.575. The maximum absolute atomic E-state index is 10.6. The van der Waals surface area contributed by atoms with E-state index in [0.717, 1.165) is 0 Å². The summed E-state index contributed by atoms with van der Waals surface area (Å²) in [6.07, 6.45) is 0. The first-order chi connectivity index (χ1) is 5.30. The molecule has 0 saturated carbocycles. The number of hydrogen-bond donors (Lipinski definition) is 2. The lowest BCUT2D eigenvalue weighted by Crippen LogP contribution is -2.44. The summed E-state index contributed by atoms with van der Waals surface area (Å²) in [6.45, 7) is 1.18. The van der Waals surface area contributed by atoms with Gasteiger partial charge in [-0.1, -0.05) is 0 Å². The molecular formula is C7H13NO4. The van der Waals surface area contributed by atoms with Gasteiger partial charge in [0.2, 0.25) is 0 Å². The van der Waals surface area contributed by atoms with Crippen LogP contribution in [0.2, 0.25) is 0 Å². The molecule has 0 atom stereocenters. The molecule has 12 heavy (non-hydrogen) atoms. The average Bonchev–Trinajstić information content (AvgIpc) is 1.84. The van der Waals surface area contributed by atoms with Crippen molar-refractivity contribution >= 4 is 11.9 Å². The van der Waals surface area contributed by atoms with Gasteiger partial charge in [-0.15, -0.1) is 0 Å². The van der Waals surface area contributed by atoms with Crippen LogP contribution in [0, 0.1) is 5.41 Å². The first-order valence-electron chi connectivity index (χ1n) is 3.42. The molecule has 0 rings (SSSR count). The Hall–Kier alpha value is -1.10. The fourth-order valence-electron chi connectivity index (χ4n) is 0.859. The Balaban J connectivity index is 4.63. The molecule has 0 aromatic rings. The Morgan fingerprint density at radius 3 is 1.67 bits per heavy atom. The highest BCUT2D eigenvalue weighted by atomic mass is 16.4. The Kier molecular flexibility index (Phi) is 3.21. The number of carbonyl (C=O) groups is 2. The minimum Gasteiger partial charge on any atom is -0.480 e. The summed E-state index contributed by atoms with van der Waals surface area (Å²) >= 11 is 0. The molecular weight excluding hydrogens is 162 g/mol. The van der Waals surface area contributed by atoms with Gasteiger partial charge in [-0.3, -0.25) is 9.59 Å². The summed E-state index contributed by atoms with van der Waals surface area (Å²) in [4.78, 5) is 22.7. The molecule has 0 amide bonds. The van der Waals surface area contributed by atoms with Gasteiger partial charge in [-0.25, -0.2) is 0 Å². The van der Waals surface area contributed by atoms with Gasteiger partial charge < -0.3 is 15.1 Å². The van der Waals surface area contributed by atoms with Crippen LogP contribution in [0.5, 0.6) is 0 Å². The summed E-state index contributed by atoms with van der Waals surface area (Å²) < 4.78 is 0. The molecule has 0 aromatic heterocycles. The zero-order valence-electron chi connectivity index (χ0n) is 7.37. The predicted octanol–water partition coefficient (Wildman–Crippen LogP) is -0.277. The van der Waals surface area contributed by atoms with Crippen LogP contribution in [0.1, 0.15) is 6.92 Å². The molecule has 0 aromatic carbocycles. The minimum atomic E-state index is -1.72. The van der Waals surface area contributed by atoms with E-state index >= 15 is 0 Å². The maximum atomic E-state index is 10.6. The van der Waals surface area contributed by atoms with Crippen LogP contribution in [0.3, 0.4) is 0 Å². The summed E-state index contributed by atoms with van der Waals surface area (Å²) in [7, 11) is 3.26. The molecule has 0 heterocycles. The van der Waals surface area contributed by atoms with Crippen molar-refractivity contribution in [1.82, 2.24) is 4.90 Å². The second-order valence-electron chi connectivity index (χ2n) is 3.18. The van der Waals surface area contributed by atoms with Crippen LogP contribution in [-0.4, -0.2) is 47.7 Å². The van der Waals surface area contributed by atoms with E-state index in [1.54, 1.807) is 14.1 Å². The van der Waals surface area contributed by atoms with Crippen molar-refractivity contribution in [3.63, 3.8) is 0 Å². The highest BCUT2D eigenvalue weighted by Gasteiger charge is 2.41. The molecule has 0 aliphatic rings. The van der Waals surface area contributed by atoms with Gasteiger partial charge in [0.05, 0.1) is 0 Å². The lowest BCUT2D eigenvalue weighted by Gasteiger charge is -2.23. The Labute approximate surface area is 70.6 Å². The monoisotopic (exact) mass is 175 g/mol. The van der Waals surface area contributed by atoms with Crippen molar-refractivity contribution in [2.75, 3.05) is 20.6 Å². The molecule has 0 aliphatic heterocycles. The smallest absolute Gasteiger partial charge is 0.322 e. The SMILES string of the molecule is CN(C)CC(C)(C(=O)O)C(=O)O. The van der Waals surface area contributed by atoms with E-state index in [1.165, 1.54) is 11.8 Å². The Bertz CT molecular complexity index is 186. The molecule has 70 valence electrons. The van der Waals surface area contributed by atoms with E-state index in [-0.39, 0.29) is 6.54 Å². The third-order valence-electron chi connectivity index (χ3n) is 1.58. The zero-order valence-corrected chi connectivity index (χ0v) is 7.37. The Morgan fingerprint density at radius 2 is 1.58 bits per heavy atom. The van der Waals surface area contributed by atoms with Crippen molar-refractivity contribution in [1.29, 1.82) is 0 Å². The number of carboxylic acid groups (broad SMARTS) is 2. The van der Waals surface area contributed by atoms with Gasteiger partial charge in [0.1, 0.15) is 0 Å². The topological polar surface area (TPSA) is 77.8 Å². The second-order valence-corrected chi connectivity index (χ2v) is 3.18. The van der Waals surface area contributed by atoms with Crippen molar-refractivity contribution in [3.8, 4) is 0 Å². The molecule has 5 heteroatoms. The molecule has 0 unspecified atom stereocenters. The van der Waals surface area contributed by atoms with Crippen molar-refractivity contribution in [2.24, 2.45) is 5.41 Å². The third kappa shape index (κ3) is 2.20. The van der Waals surface area contributed by atoms with Gasteiger partial charge in [0.25, 0.3) is 0 Å². The molecule has 0 aliphatic carbocycles. The molecule has 0 bridgehead atoms. The first-order valence-corrected chi connectivity index (χ1v) is 3.42. The van der Waals surface area contributed by atoms with Gasteiger partial charge in [-0.05, 0) is 21.0 Å². The largest absolute Gasteiger partial charge is 0.480 e. The summed E-state index contributed by atoms with van der Waals surface area (Å²) in [5.41, 5.74) is -1.72. The summed E-state index contributed by atoms with van der Waals surface area (Å²) in [5.74, 6) is -2.63. The summed E-state index contributed by atoms with van der Waals surface area (Å²) in [5, 5.41) is 17.3. The number of nitrogens with zero attached hydrogens (tertiary/aromatic N) is 1. The molecule has 0 fully saturated rings. The van der Waals surface area contributed by atoms with E-state index in [4.69, 9.17) is 10.2 Å². The lowest BCUT2D eigenvalue weighted by atomic mass is 9.91. The van der Waals surface area contributed by atoms with Crippen LogP contribution < -0.4 is 0 Å². The van der Waals surface area contributed by atoms with E-state index in [9.17, 15) is 9.59 Å². The maximum Gasteiger partial charge on any atom is 0.322 e. The fraction of sp³-hybridized carbons (Fsp3) is 0.714. The number of aliphatic carboxylic acids is 2. The van der Waals surface area contributed by atoms with Crippen LogP contribution in [0.15, 0.2) is 0 Å². The van der Waals surface area contributed by atoms with Crippen LogP contribution in [-0.2, 0) is 9.59 Å². The van der Waals surface area contributed by atoms with Gasteiger partial charge >= 0.3 is 11.9 Å². The second kappa shape index (κ2) is 3.53. The number of rotatable bonds is 4. The molecule has 0 saturated heterocycles. The molecule has 2 N–H and O–H groups in total. The summed E-state index contributed by atoms with van der Waals surface area (Å²) in [6, 6.07) is 0. The standard InChI is InChI=1S/C7H13NO4/c1-7(5(9)10,6(11)12)4-8(2)3/h4H2,1-3H3,(H,9,10)(H,11,12). The average molecular weight is 175 g/mol. The predicted molar refractivity (Wildman–Crippen MR) is 41.9 cm³/mol.